The number of aryl methyl sites for hydroxylation is 1. The molecule has 0 unspecified atom stereocenters. The first-order valence-electron chi connectivity index (χ1n) is 10.7. The maximum atomic E-state index is 13.6. The molecule has 0 bridgehead atoms. The molecular weight excluding hydrogens is 438 g/mol. The Morgan fingerprint density at radius 3 is 2.32 bits per heavy atom. The van der Waals surface area contributed by atoms with Gasteiger partial charge in [0.2, 0.25) is 0 Å². The summed E-state index contributed by atoms with van der Waals surface area (Å²) < 4.78 is 5.88. The van der Waals surface area contributed by atoms with Crippen molar-refractivity contribution in [1.82, 2.24) is 0 Å². The molecule has 172 valence electrons. The molecule has 0 fully saturated rings. The van der Waals surface area contributed by atoms with Crippen molar-refractivity contribution >= 4 is 28.2 Å². The molecule has 0 amide bonds. The van der Waals surface area contributed by atoms with Crippen LogP contribution in [0.4, 0.5) is 5.69 Å². The highest BCUT2D eigenvalue weighted by atomic mass is 16.6. The predicted octanol–water partition coefficient (Wildman–Crippen LogP) is 5.56. The van der Waals surface area contributed by atoms with Crippen LogP contribution in [0.15, 0.2) is 65.1 Å². The van der Waals surface area contributed by atoms with Crippen LogP contribution in [0.2, 0.25) is 0 Å². The average Bonchev–Trinajstić information content (AvgIpc) is 3.20. The number of non-ortho nitro benzene ring substituents is 1. The fraction of sp³-hybridized carbons (Fsp3) is 0.154. The molecule has 0 spiro atoms. The van der Waals surface area contributed by atoms with Gasteiger partial charge in [0.25, 0.3) is 5.69 Å². The second-order valence-electron chi connectivity index (χ2n) is 7.88. The summed E-state index contributed by atoms with van der Waals surface area (Å²) in [5.41, 5.74) is 0.682. The molecular formula is C26H21NO7. The standard InChI is InChI=1S/C26H21NO7/c1-2-3-4-23-24(20-14-17(27(32)33)8-12-22(20)34-23)26(31)16-7-11-21(29)19(13-16)25(30)15-5-9-18(28)10-6-15/h5-14,28-29H,2-4H2,1H3. The first kappa shape index (κ1) is 22.7. The summed E-state index contributed by atoms with van der Waals surface area (Å²) >= 11 is 0. The maximum absolute atomic E-state index is 13.6. The number of furan rings is 1. The molecule has 34 heavy (non-hydrogen) atoms. The van der Waals surface area contributed by atoms with Gasteiger partial charge in [-0.1, -0.05) is 13.3 Å². The number of ketones is 2. The van der Waals surface area contributed by atoms with E-state index in [0.29, 0.717) is 23.2 Å². The summed E-state index contributed by atoms with van der Waals surface area (Å²) in [5, 5.41) is 31.4. The third kappa shape index (κ3) is 4.25. The van der Waals surface area contributed by atoms with Crippen LogP contribution in [-0.4, -0.2) is 26.7 Å². The Bertz CT molecular complexity index is 1420. The highest BCUT2D eigenvalue weighted by molar-refractivity contribution is 6.19. The zero-order valence-electron chi connectivity index (χ0n) is 18.3. The number of phenolic OH excluding ortho intramolecular Hbond substituents is 2. The maximum Gasteiger partial charge on any atom is 0.270 e. The molecule has 0 radical (unpaired) electrons. The SMILES string of the molecule is CCCCc1oc2ccc([N+](=O)[O-])cc2c1C(=O)c1ccc(O)c(C(=O)c2ccc(O)cc2)c1. The Labute approximate surface area is 194 Å². The van der Waals surface area contributed by atoms with Crippen LogP contribution in [0, 0.1) is 10.1 Å². The third-order valence-electron chi connectivity index (χ3n) is 5.57. The summed E-state index contributed by atoms with van der Waals surface area (Å²) in [7, 11) is 0. The van der Waals surface area contributed by atoms with Crippen molar-refractivity contribution in [3.8, 4) is 11.5 Å². The van der Waals surface area contributed by atoms with Gasteiger partial charge in [-0.2, -0.15) is 0 Å². The summed E-state index contributed by atoms with van der Waals surface area (Å²) in [6, 6.07) is 13.6. The van der Waals surface area contributed by atoms with Gasteiger partial charge in [-0.25, -0.2) is 0 Å². The van der Waals surface area contributed by atoms with Gasteiger partial charge in [-0.05, 0) is 55.0 Å². The van der Waals surface area contributed by atoms with Crippen molar-refractivity contribution in [2.45, 2.75) is 26.2 Å². The van der Waals surface area contributed by atoms with Crippen LogP contribution in [0.25, 0.3) is 11.0 Å². The zero-order valence-corrected chi connectivity index (χ0v) is 18.3. The summed E-state index contributed by atoms with van der Waals surface area (Å²) in [4.78, 5) is 37.3. The average molecular weight is 459 g/mol. The first-order valence-corrected chi connectivity index (χ1v) is 10.7. The van der Waals surface area contributed by atoms with E-state index >= 15 is 0 Å². The van der Waals surface area contributed by atoms with E-state index in [4.69, 9.17) is 4.42 Å². The number of carbonyl (C=O) groups excluding carboxylic acids is 2. The van der Waals surface area contributed by atoms with E-state index in [9.17, 15) is 29.9 Å². The molecule has 0 saturated heterocycles. The second-order valence-corrected chi connectivity index (χ2v) is 7.88. The minimum atomic E-state index is -0.540. The highest BCUT2D eigenvalue weighted by Gasteiger charge is 2.25. The molecule has 0 aliphatic rings. The Hall–Kier alpha value is -4.46. The second kappa shape index (κ2) is 9.19. The van der Waals surface area contributed by atoms with E-state index < -0.39 is 16.5 Å². The van der Waals surface area contributed by atoms with Gasteiger partial charge in [-0.15, -0.1) is 0 Å². The molecule has 3 aromatic carbocycles. The first-order chi connectivity index (χ1) is 16.3. The van der Waals surface area contributed by atoms with Gasteiger partial charge in [0.1, 0.15) is 22.8 Å². The number of nitrogens with zero attached hydrogens (tertiary/aromatic N) is 1. The lowest BCUT2D eigenvalue weighted by atomic mass is 9.94. The zero-order chi connectivity index (χ0) is 24.4. The number of nitro groups is 1. The predicted molar refractivity (Wildman–Crippen MR) is 125 cm³/mol. The fourth-order valence-electron chi connectivity index (χ4n) is 3.78. The topological polar surface area (TPSA) is 131 Å². The van der Waals surface area contributed by atoms with Crippen molar-refractivity contribution < 1.29 is 29.1 Å². The fourth-order valence-corrected chi connectivity index (χ4v) is 3.78. The molecule has 0 atom stereocenters. The Kier molecular flexibility index (Phi) is 6.14. The molecule has 4 aromatic rings. The Balaban J connectivity index is 1.82. The molecule has 1 aromatic heterocycles. The number of fused-ring (bicyclic) bond motifs is 1. The van der Waals surface area contributed by atoms with Gasteiger partial charge in [-0.3, -0.25) is 19.7 Å². The highest BCUT2D eigenvalue weighted by Crippen LogP contribution is 2.33. The van der Waals surface area contributed by atoms with Gasteiger partial charge < -0.3 is 14.6 Å². The van der Waals surface area contributed by atoms with Gasteiger partial charge in [0.05, 0.1) is 16.1 Å². The molecule has 0 aliphatic heterocycles. The number of hydrogen-bond acceptors (Lipinski definition) is 7. The van der Waals surface area contributed by atoms with Crippen LogP contribution in [0.1, 0.15) is 57.4 Å². The quantitative estimate of drug-likeness (QED) is 0.200. The lowest BCUT2D eigenvalue weighted by molar-refractivity contribution is -0.384. The normalized spacial score (nSPS) is 11.0. The number of phenols is 2. The minimum absolute atomic E-state index is 0.00904. The number of nitro benzene ring substituents is 1. The van der Waals surface area contributed by atoms with E-state index in [0.717, 1.165) is 12.8 Å². The van der Waals surface area contributed by atoms with E-state index in [2.05, 4.69) is 0 Å². The number of aromatic hydroxyl groups is 2. The van der Waals surface area contributed by atoms with Crippen molar-refractivity contribution in [3.05, 3.63) is 98.8 Å². The largest absolute Gasteiger partial charge is 0.508 e. The van der Waals surface area contributed by atoms with Crippen LogP contribution in [0.3, 0.4) is 0 Å². The lowest BCUT2D eigenvalue weighted by Crippen LogP contribution is -2.08. The van der Waals surface area contributed by atoms with Crippen LogP contribution in [0.5, 0.6) is 11.5 Å². The number of hydrogen-bond donors (Lipinski definition) is 2. The number of benzene rings is 3. The summed E-state index contributed by atoms with van der Waals surface area (Å²) in [5.74, 6) is -0.878. The van der Waals surface area contributed by atoms with Crippen LogP contribution < -0.4 is 0 Å². The van der Waals surface area contributed by atoms with Crippen molar-refractivity contribution in [3.63, 3.8) is 0 Å². The van der Waals surface area contributed by atoms with Crippen molar-refractivity contribution in [2.24, 2.45) is 0 Å². The summed E-state index contributed by atoms with van der Waals surface area (Å²) in [6.45, 7) is 2.00. The third-order valence-corrected chi connectivity index (χ3v) is 5.57. The molecule has 8 nitrogen and oxygen atoms in total. The van der Waals surface area contributed by atoms with Crippen molar-refractivity contribution in [1.29, 1.82) is 0 Å². The number of carbonyl (C=O) groups is 2. The minimum Gasteiger partial charge on any atom is -0.508 e. The van der Waals surface area contributed by atoms with Gasteiger partial charge >= 0.3 is 0 Å². The van der Waals surface area contributed by atoms with E-state index in [1.807, 2.05) is 6.92 Å². The van der Waals surface area contributed by atoms with Crippen LogP contribution >= 0.6 is 0 Å². The van der Waals surface area contributed by atoms with E-state index in [1.54, 1.807) is 0 Å². The molecule has 2 N–H and O–H groups in total. The lowest BCUT2D eigenvalue weighted by Gasteiger charge is -2.08. The van der Waals surface area contributed by atoms with Crippen LogP contribution in [-0.2, 0) is 6.42 Å². The molecule has 0 saturated carbocycles. The molecule has 8 heteroatoms. The molecule has 4 rings (SSSR count). The smallest absolute Gasteiger partial charge is 0.270 e. The Morgan fingerprint density at radius 1 is 0.941 bits per heavy atom. The number of rotatable bonds is 8. The van der Waals surface area contributed by atoms with Gasteiger partial charge in [0.15, 0.2) is 11.6 Å². The molecule has 0 aliphatic carbocycles. The van der Waals surface area contributed by atoms with Gasteiger partial charge in [0, 0.05) is 35.1 Å². The Morgan fingerprint density at radius 2 is 1.65 bits per heavy atom. The number of unbranched alkanes of at least 4 members (excludes halogenated alkanes) is 1. The van der Waals surface area contributed by atoms with E-state index in [-0.39, 0.29) is 39.4 Å². The van der Waals surface area contributed by atoms with Crippen molar-refractivity contribution in [2.75, 3.05) is 0 Å². The molecule has 1 heterocycles. The summed E-state index contributed by atoms with van der Waals surface area (Å²) in [6.07, 6.45) is 2.08. The monoisotopic (exact) mass is 459 g/mol. The van der Waals surface area contributed by atoms with E-state index in [1.165, 1.54) is 60.7 Å².